The number of aromatic amines is 2. The van der Waals surface area contributed by atoms with Crippen LogP contribution in [0.5, 0.6) is 0 Å². The number of nitrogens with zero attached hydrogens (tertiary/aromatic N) is 1. The lowest BCUT2D eigenvalue weighted by atomic mass is 10.0. The van der Waals surface area contributed by atoms with Gasteiger partial charge in [-0.25, -0.2) is 0 Å². The van der Waals surface area contributed by atoms with Gasteiger partial charge in [0.25, 0.3) is 0 Å². The largest absolute Gasteiger partial charge is 0.336 e. The van der Waals surface area contributed by atoms with Gasteiger partial charge in [0.05, 0.1) is 17.8 Å². The van der Waals surface area contributed by atoms with Crippen molar-refractivity contribution in [1.29, 1.82) is 0 Å². The Balaban J connectivity index is 2.67. The highest BCUT2D eigenvalue weighted by Gasteiger charge is 2.47. The lowest BCUT2D eigenvalue weighted by molar-refractivity contribution is -0.529. The summed E-state index contributed by atoms with van der Waals surface area (Å²) in [5, 5.41) is 10.6. The number of nitro groups is 1. The van der Waals surface area contributed by atoms with Gasteiger partial charge in [-0.1, -0.05) is 11.6 Å². The van der Waals surface area contributed by atoms with E-state index in [2.05, 4.69) is 9.97 Å². The SMILES string of the molecule is O=c1[nH]c2c([nH]c1=O)CC(Cl)([N+](=O)[O-])C(Cl)=C2. The van der Waals surface area contributed by atoms with E-state index in [1.807, 2.05) is 0 Å². The quantitative estimate of drug-likeness (QED) is 0.255. The van der Waals surface area contributed by atoms with Gasteiger partial charge in [0.15, 0.2) is 0 Å². The van der Waals surface area contributed by atoms with E-state index in [0.717, 1.165) is 6.08 Å². The van der Waals surface area contributed by atoms with Crippen LogP contribution in [-0.4, -0.2) is 19.9 Å². The second kappa shape index (κ2) is 3.71. The molecular weight excluding hydrogens is 273 g/mol. The summed E-state index contributed by atoms with van der Waals surface area (Å²) in [6.07, 6.45) is 0.853. The van der Waals surface area contributed by atoms with Gasteiger partial charge < -0.3 is 9.97 Å². The van der Waals surface area contributed by atoms with Crippen LogP contribution in [0.15, 0.2) is 14.6 Å². The summed E-state index contributed by atoms with van der Waals surface area (Å²) < 4.78 is 0. The fourth-order valence-electron chi connectivity index (χ4n) is 1.49. The number of nitrogens with one attached hydrogen (secondary N) is 2. The second-order valence-electron chi connectivity index (χ2n) is 3.49. The van der Waals surface area contributed by atoms with Crippen LogP contribution >= 0.6 is 23.2 Å². The van der Waals surface area contributed by atoms with Crippen LogP contribution < -0.4 is 11.1 Å². The molecule has 0 saturated carbocycles. The molecule has 1 aliphatic carbocycles. The predicted molar refractivity (Wildman–Crippen MR) is 60.8 cm³/mol. The monoisotopic (exact) mass is 277 g/mol. The fraction of sp³-hybridized carbons (Fsp3) is 0.250. The molecule has 1 aromatic rings. The maximum absolute atomic E-state index is 11.1. The van der Waals surface area contributed by atoms with Gasteiger partial charge in [0.2, 0.25) is 0 Å². The number of halogens is 2. The zero-order valence-corrected chi connectivity index (χ0v) is 9.63. The summed E-state index contributed by atoms with van der Waals surface area (Å²) in [5.74, 6) is 0. The van der Waals surface area contributed by atoms with E-state index in [0.29, 0.717) is 0 Å². The molecule has 1 atom stereocenters. The molecule has 7 nitrogen and oxygen atoms in total. The lowest BCUT2D eigenvalue weighted by Crippen LogP contribution is -2.40. The van der Waals surface area contributed by atoms with Gasteiger partial charge in [-0.15, -0.1) is 0 Å². The van der Waals surface area contributed by atoms with Crippen molar-refractivity contribution in [3.8, 4) is 0 Å². The highest BCUT2D eigenvalue weighted by Crippen LogP contribution is 2.37. The molecule has 17 heavy (non-hydrogen) atoms. The van der Waals surface area contributed by atoms with Crippen molar-refractivity contribution in [2.24, 2.45) is 0 Å². The van der Waals surface area contributed by atoms with Crippen molar-refractivity contribution < 1.29 is 4.92 Å². The molecule has 2 N–H and O–H groups in total. The molecule has 1 aliphatic rings. The molecule has 1 aromatic heterocycles. The Bertz CT molecular complexity index is 647. The molecule has 0 aromatic carbocycles. The Morgan fingerprint density at radius 1 is 1.35 bits per heavy atom. The van der Waals surface area contributed by atoms with Crippen molar-refractivity contribution in [1.82, 2.24) is 9.97 Å². The average molecular weight is 278 g/mol. The number of aromatic nitrogens is 2. The van der Waals surface area contributed by atoms with Crippen molar-refractivity contribution in [3.63, 3.8) is 0 Å². The first kappa shape index (κ1) is 11.9. The Kier molecular flexibility index (Phi) is 2.59. The van der Waals surface area contributed by atoms with Crippen molar-refractivity contribution >= 4 is 29.3 Å². The Morgan fingerprint density at radius 3 is 2.53 bits per heavy atom. The third kappa shape index (κ3) is 1.77. The molecule has 9 heteroatoms. The molecule has 0 radical (unpaired) electrons. The van der Waals surface area contributed by atoms with Gasteiger partial charge in [0.1, 0.15) is 5.03 Å². The van der Waals surface area contributed by atoms with E-state index < -0.39 is 21.0 Å². The number of H-pyrrole nitrogens is 2. The van der Waals surface area contributed by atoms with Gasteiger partial charge in [-0.05, 0) is 17.7 Å². The summed E-state index contributed by atoms with van der Waals surface area (Å²) in [5.41, 5.74) is -1.35. The van der Waals surface area contributed by atoms with Crippen LogP contribution in [0.25, 0.3) is 6.08 Å². The van der Waals surface area contributed by atoms with Gasteiger partial charge in [-0.2, -0.15) is 0 Å². The number of hydrogen-bond acceptors (Lipinski definition) is 4. The molecule has 0 spiro atoms. The summed E-state index contributed by atoms with van der Waals surface area (Å²) in [6, 6.07) is 0. The molecule has 0 fully saturated rings. The molecule has 0 saturated heterocycles. The smallest absolute Gasteiger partial charge is 0.319 e. The van der Waals surface area contributed by atoms with E-state index in [9.17, 15) is 19.7 Å². The van der Waals surface area contributed by atoms with Crippen molar-refractivity contribution in [2.75, 3.05) is 0 Å². The first-order valence-electron chi connectivity index (χ1n) is 4.41. The maximum atomic E-state index is 11.1. The number of hydrogen-bond donors (Lipinski definition) is 2. The van der Waals surface area contributed by atoms with Crippen LogP contribution in [0.3, 0.4) is 0 Å². The Hall–Kier alpha value is -1.60. The Morgan fingerprint density at radius 2 is 1.94 bits per heavy atom. The van der Waals surface area contributed by atoms with Gasteiger partial charge >= 0.3 is 16.1 Å². The number of alkyl halides is 1. The van der Waals surface area contributed by atoms with E-state index in [1.54, 1.807) is 0 Å². The van der Waals surface area contributed by atoms with E-state index in [4.69, 9.17) is 23.2 Å². The maximum Gasteiger partial charge on any atom is 0.336 e. The average Bonchev–Trinajstić information content (AvgIpc) is 2.23. The van der Waals surface area contributed by atoms with Crippen LogP contribution in [0, 0.1) is 10.1 Å². The summed E-state index contributed by atoms with van der Waals surface area (Å²) >= 11 is 11.5. The molecule has 0 aliphatic heterocycles. The molecule has 2 rings (SSSR count). The molecule has 90 valence electrons. The summed E-state index contributed by atoms with van der Waals surface area (Å²) in [4.78, 5) is 34.7. The lowest BCUT2D eigenvalue weighted by Gasteiger charge is -2.22. The van der Waals surface area contributed by atoms with Crippen LogP contribution in [0.4, 0.5) is 0 Å². The first-order valence-corrected chi connectivity index (χ1v) is 5.17. The third-order valence-electron chi connectivity index (χ3n) is 2.38. The predicted octanol–water partition coefficient (Wildman–Crippen LogP) is 0.411. The summed E-state index contributed by atoms with van der Waals surface area (Å²) in [7, 11) is 0. The van der Waals surface area contributed by atoms with Gasteiger partial charge in [0, 0.05) is 4.92 Å². The van der Waals surface area contributed by atoms with E-state index in [-0.39, 0.29) is 22.8 Å². The summed E-state index contributed by atoms with van der Waals surface area (Å²) in [6.45, 7) is 0. The zero-order valence-electron chi connectivity index (χ0n) is 8.12. The third-order valence-corrected chi connectivity index (χ3v) is 3.38. The highest BCUT2D eigenvalue weighted by molar-refractivity contribution is 6.40. The topological polar surface area (TPSA) is 109 Å². The Labute approximate surface area is 103 Å². The van der Waals surface area contributed by atoms with E-state index in [1.165, 1.54) is 0 Å². The fourth-order valence-corrected chi connectivity index (χ4v) is 1.92. The molecule has 0 bridgehead atoms. The first-order chi connectivity index (χ1) is 7.84. The van der Waals surface area contributed by atoms with Crippen LogP contribution in [0.2, 0.25) is 0 Å². The van der Waals surface area contributed by atoms with Crippen molar-refractivity contribution in [3.05, 3.63) is 47.2 Å². The van der Waals surface area contributed by atoms with Gasteiger partial charge in [-0.3, -0.25) is 19.7 Å². The van der Waals surface area contributed by atoms with E-state index >= 15 is 0 Å². The molecule has 1 heterocycles. The number of fused-ring (bicyclic) bond motifs is 1. The molecule has 0 amide bonds. The standard InChI is InChI=1S/C8H5Cl2N3O4/c9-5-1-3-4(2-8(5,10)13(16)17)12-7(15)6(14)11-3/h1H,2H2,(H,11,14)(H,12,15). The van der Waals surface area contributed by atoms with Crippen LogP contribution in [-0.2, 0) is 6.42 Å². The van der Waals surface area contributed by atoms with Crippen molar-refractivity contribution in [2.45, 2.75) is 11.4 Å². The number of rotatable bonds is 1. The second-order valence-corrected chi connectivity index (χ2v) is 4.52. The zero-order chi connectivity index (χ0) is 12.8. The molecule has 1 unspecified atom stereocenters. The normalized spacial score (nSPS) is 22.8. The van der Waals surface area contributed by atoms with Crippen LogP contribution in [0.1, 0.15) is 11.4 Å². The minimum atomic E-state index is -2.00. The minimum absolute atomic E-state index is 0.172. The highest BCUT2D eigenvalue weighted by atomic mass is 35.5. The molecular formula is C8H5Cl2N3O4. The minimum Gasteiger partial charge on any atom is -0.319 e.